The predicted molar refractivity (Wildman–Crippen MR) is 92.5 cm³/mol. The van der Waals surface area contributed by atoms with Crippen LogP contribution in [0.1, 0.15) is 35.1 Å². The van der Waals surface area contributed by atoms with Gasteiger partial charge in [0.2, 0.25) is 0 Å². The first kappa shape index (κ1) is 15.1. The summed E-state index contributed by atoms with van der Waals surface area (Å²) >= 11 is 0. The van der Waals surface area contributed by atoms with Crippen LogP contribution in [0.4, 0.5) is 0 Å². The summed E-state index contributed by atoms with van der Waals surface area (Å²) in [5, 5.41) is 0. The van der Waals surface area contributed by atoms with E-state index < -0.39 is 0 Å². The fourth-order valence-corrected chi connectivity index (χ4v) is 2.50. The highest BCUT2D eigenvalue weighted by Gasteiger charge is 2.13. The van der Waals surface area contributed by atoms with Gasteiger partial charge >= 0.3 is 0 Å². The van der Waals surface area contributed by atoms with Gasteiger partial charge in [0.15, 0.2) is 0 Å². The van der Waals surface area contributed by atoms with Crippen molar-refractivity contribution in [3.8, 4) is 0 Å². The standard InChI is InChI=1S/C21H22/c1-5-6-10-21(19-13-11-16(2)12-14-19)18(4)20-9-7-8-17(3)15-20/h6-15,18H,1H2,2-4H3/b21-10+. The lowest BCUT2D eigenvalue weighted by molar-refractivity contribution is 0.985. The first-order chi connectivity index (χ1) is 10.1. The summed E-state index contributed by atoms with van der Waals surface area (Å²) in [4.78, 5) is 0. The molecule has 0 aliphatic heterocycles. The number of benzene rings is 2. The van der Waals surface area contributed by atoms with Crippen LogP contribution in [0.15, 0.2) is 73.0 Å². The number of allylic oxidation sites excluding steroid dienone is 3. The van der Waals surface area contributed by atoms with E-state index in [1.807, 2.05) is 6.08 Å². The second-order valence-corrected chi connectivity index (χ2v) is 5.49. The Balaban J connectivity index is 2.45. The molecule has 0 spiro atoms. The van der Waals surface area contributed by atoms with Crippen LogP contribution in [0.5, 0.6) is 0 Å². The average Bonchev–Trinajstić information content (AvgIpc) is 2.49. The molecule has 21 heavy (non-hydrogen) atoms. The molecule has 0 aromatic heterocycles. The van der Waals surface area contributed by atoms with Gasteiger partial charge in [-0.15, -0.1) is 5.73 Å². The Morgan fingerprint density at radius 3 is 2.38 bits per heavy atom. The van der Waals surface area contributed by atoms with E-state index >= 15 is 0 Å². The molecule has 0 nitrogen and oxygen atoms in total. The molecule has 2 aromatic carbocycles. The second-order valence-electron chi connectivity index (χ2n) is 5.49. The summed E-state index contributed by atoms with van der Waals surface area (Å²) in [6.07, 6.45) is 4.01. The lowest BCUT2D eigenvalue weighted by atomic mass is 9.87. The van der Waals surface area contributed by atoms with Crippen molar-refractivity contribution in [1.82, 2.24) is 0 Å². The van der Waals surface area contributed by atoms with E-state index in [1.165, 1.54) is 27.8 Å². The molecule has 0 bridgehead atoms. The topological polar surface area (TPSA) is 0 Å². The molecule has 0 aliphatic rings. The van der Waals surface area contributed by atoms with Gasteiger partial charge in [-0.25, -0.2) is 0 Å². The Hall–Kier alpha value is -2.30. The molecule has 0 aliphatic carbocycles. The molecule has 0 saturated heterocycles. The minimum Gasteiger partial charge on any atom is -0.129 e. The van der Waals surface area contributed by atoms with E-state index in [0.29, 0.717) is 5.92 Å². The highest BCUT2D eigenvalue weighted by atomic mass is 14.2. The molecule has 2 rings (SSSR count). The van der Waals surface area contributed by atoms with Crippen molar-refractivity contribution in [2.75, 3.05) is 0 Å². The van der Waals surface area contributed by atoms with E-state index in [9.17, 15) is 0 Å². The third-order valence-electron chi connectivity index (χ3n) is 3.77. The van der Waals surface area contributed by atoms with Gasteiger partial charge in [0, 0.05) is 5.92 Å². The average molecular weight is 274 g/mol. The molecule has 0 N–H and O–H groups in total. The van der Waals surface area contributed by atoms with Crippen LogP contribution < -0.4 is 0 Å². The summed E-state index contributed by atoms with van der Waals surface area (Å²) in [6, 6.07) is 17.4. The highest BCUT2D eigenvalue weighted by molar-refractivity contribution is 5.72. The van der Waals surface area contributed by atoms with Crippen LogP contribution in [-0.4, -0.2) is 0 Å². The van der Waals surface area contributed by atoms with Crippen molar-refractivity contribution in [3.05, 3.63) is 95.2 Å². The molecule has 2 aromatic rings. The molecule has 1 unspecified atom stereocenters. The van der Waals surface area contributed by atoms with Gasteiger partial charge in [-0.3, -0.25) is 0 Å². The van der Waals surface area contributed by atoms with Gasteiger partial charge in [-0.2, -0.15) is 0 Å². The SMILES string of the molecule is C=C=C/C=C(/c1ccc(C)cc1)C(C)c1cccc(C)c1. The van der Waals surface area contributed by atoms with E-state index in [-0.39, 0.29) is 0 Å². The van der Waals surface area contributed by atoms with Crippen LogP contribution in [0.2, 0.25) is 0 Å². The lowest BCUT2D eigenvalue weighted by Gasteiger charge is -2.17. The monoisotopic (exact) mass is 274 g/mol. The third-order valence-corrected chi connectivity index (χ3v) is 3.77. The third kappa shape index (κ3) is 3.84. The van der Waals surface area contributed by atoms with Crippen LogP contribution in [0.25, 0.3) is 5.57 Å². The maximum atomic E-state index is 3.66. The fourth-order valence-electron chi connectivity index (χ4n) is 2.50. The van der Waals surface area contributed by atoms with Gasteiger partial charge in [0.1, 0.15) is 0 Å². The van der Waals surface area contributed by atoms with Crippen molar-refractivity contribution in [2.24, 2.45) is 0 Å². The predicted octanol–water partition coefficient (Wildman–Crippen LogP) is 5.83. The van der Waals surface area contributed by atoms with Crippen LogP contribution >= 0.6 is 0 Å². The summed E-state index contributed by atoms with van der Waals surface area (Å²) in [6.45, 7) is 10.2. The summed E-state index contributed by atoms with van der Waals surface area (Å²) < 4.78 is 0. The second kappa shape index (κ2) is 6.92. The molecule has 0 heterocycles. The van der Waals surface area contributed by atoms with Crippen LogP contribution in [0, 0.1) is 13.8 Å². The zero-order valence-corrected chi connectivity index (χ0v) is 13.1. The number of hydrogen-bond acceptors (Lipinski definition) is 0. The minimum atomic E-state index is 0.331. The van der Waals surface area contributed by atoms with Gasteiger partial charge < -0.3 is 0 Å². The van der Waals surface area contributed by atoms with Crippen molar-refractivity contribution < 1.29 is 0 Å². The highest BCUT2D eigenvalue weighted by Crippen LogP contribution is 2.32. The van der Waals surface area contributed by atoms with Crippen LogP contribution in [0.3, 0.4) is 0 Å². The Morgan fingerprint density at radius 1 is 1.05 bits per heavy atom. The lowest BCUT2D eigenvalue weighted by Crippen LogP contribution is -1.98. The Labute approximate surface area is 128 Å². The van der Waals surface area contributed by atoms with E-state index in [1.54, 1.807) is 0 Å². The van der Waals surface area contributed by atoms with Gasteiger partial charge in [0.05, 0.1) is 0 Å². The minimum absolute atomic E-state index is 0.331. The first-order valence-electron chi connectivity index (χ1n) is 7.31. The molecule has 0 amide bonds. The number of rotatable bonds is 4. The molecule has 0 saturated carbocycles. The molecule has 0 radical (unpaired) electrons. The number of aryl methyl sites for hydroxylation is 2. The Bertz CT molecular complexity index is 680. The van der Waals surface area contributed by atoms with Gasteiger partial charge in [0.25, 0.3) is 0 Å². The van der Waals surface area contributed by atoms with Crippen molar-refractivity contribution in [3.63, 3.8) is 0 Å². The summed E-state index contributed by atoms with van der Waals surface area (Å²) in [5.74, 6) is 0.331. The molecular weight excluding hydrogens is 252 g/mol. The van der Waals surface area contributed by atoms with Gasteiger partial charge in [-0.05, 0) is 36.6 Å². The Morgan fingerprint density at radius 2 is 1.76 bits per heavy atom. The number of hydrogen-bond donors (Lipinski definition) is 0. The normalized spacial score (nSPS) is 12.6. The maximum absolute atomic E-state index is 3.66. The fraction of sp³-hybridized carbons (Fsp3) is 0.190. The quantitative estimate of drug-likeness (QED) is 0.486. The van der Waals surface area contributed by atoms with Gasteiger partial charge in [-0.1, -0.05) is 79.2 Å². The molecular formula is C21H22. The maximum Gasteiger partial charge on any atom is 0.00672 e. The van der Waals surface area contributed by atoms with Crippen molar-refractivity contribution >= 4 is 5.57 Å². The first-order valence-corrected chi connectivity index (χ1v) is 7.31. The molecule has 0 heteroatoms. The van der Waals surface area contributed by atoms with E-state index in [2.05, 4.69) is 87.7 Å². The Kier molecular flexibility index (Phi) is 4.98. The summed E-state index contributed by atoms with van der Waals surface area (Å²) in [7, 11) is 0. The van der Waals surface area contributed by atoms with Crippen molar-refractivity contribution in [2.45, 2.75) is 26.7 Å². The van der Waals surface area contributed by atoms with Crippen molar-refractivity contribution in [1.29, 1.82) is 0 Å². The van der Waals surface area contributed by atoms with Crippen LogP contribution in [-0.2, 0) is 0 Å². The summed E-state index contributed by atoms with van der Waals surface area (Å²) in [5.41, 5.74) is 9.29. The molecule has 0 fully saturated rings. The zero-order chi connectivity index (χ0) is 15.2. The molecule has 1 atom stereocenters. The van der Waals surface area contributed by atoms with E-state index in [0.717, 1.165) is 0 Å². The van der Waals surface area contributed by atoms with E-state index in [4.69, 9.17) is 0 Å². The largest absolute Gasteiger partial charge is 0.129 e. The molecule has 106 valence electrons. The smallest absolute Gasteiger partial charge is 0.00672 e. The zero-order valence-electron chi connectivity index (χ0n) is 13.1.